The standard InChI is InChI=1S/C70H82N6O14P2S2/c1-87-65(81)47-71-67(83)59(75-63(79)43-41-57(69(85)89-3)73-61(77)39-23-25-45-91(51-27-11-5-12-28-51,52-29-13-6-14-30-52)53-31-15-7-16-32-53)49-93-94-50-60(68(84)72-48-66(82)88-2)76-64(80)44-42-58(70(86)90-4)74-62(78)40-24-26-46-92(54-33-17-8-18-34-54,55-35-19-9-20-36-55)56-37-21-10-22-38-56/h5-22,27-38,57-60H,23-26,39-50H2,1-4H3,(H4-2,71,72,73,74,75,76,77,78,79,80,83,84)/p+2/t57-,58-,59-,60-/m0/s1. The molecule has 0 bridgehead atoms. The van der Waals surface area contributed by atoms with E-state index in [1.165, 1.54) is 46.0 Å². The first-order valence-corrected chi connectivity index (χ1v) is 37.4. The highest BCUT2D eigenvalue weighted by Gasteiger charge is 2.46. The molecule has 20 nitrogen and oxygen atoms in total. The van der Waals surface area contributed by atoms with Crippen LogP contribution in [-0.4, -0.2) is 149 Å². The van der Waals surface area contributed by atoms with Gasteiger partial charge in [0.25, 0.3) is 0 Å². The van der Waals surface area contributed by atoms with Gasteiger partial charge in [-0.2, -0.15) is 0 Å². The first-order chi connectivity index (χ1) is 45.6. The van der Waals surface area contributed by atoms with E-state index in [9.17, 15) is 47.9 Å². The Kier molecular flexibility index (Phi) is 31.7. The molecule has 94 heavy (non-hydrogen) atoms. The van der Waals surface area contributed by atoms with E-state index in [0.29, 0.717) is 25.7 Å². The highest BCUT2D eigenvalue weighted by molar-refractivity contribution is 8.76. The number of rotatable bonds is 39. The zero-order valence-electron chi connectivity index (χ0n) is 53.4. The predicted octanol–water partition coefficient (Wildman–Crippen LogP) is 5.12. The van der Waals surface area contributed by atoms with Gasteiger partial charge in [0.15, 0.2) is 0 Å². The first-order valence-electron chi connectivity index (χ1n) is 30.9. The molecule has 0 aliphatic heterocycles. The van der Waals surface area contributed by atoms with Crippen molar-refractivity contribution in [3.63, 3.8) is 0 Å². The topological polar surface area (TPSA) is 280 Å². The molecule has 0 unspecified atom stereocenters. The number of methoxy groups -OCH3 is 4. The molecule has 6 aromatic rings. The average molecular weight is 1360 g/mol. The summed E-state index contributed by atoms with van der Waals surface area (Å²) in [5.41, 5.74) is 0. The maximum Gasteiger partial charge on any atom is 0.328 e. The molecular weight excluding hydrogens is 1270 g/mol. The van der Waals surface area contributed by atoms with Gasteiger partial charge in [-0.25, -0.2) is 9.59 Å². The molecule has 0 aliphatic carbocycles. The van der Waals surface area contributed by atoms with Gasteiger partial charge < -0.3 is 50.8 Å². The fourth-order valence-electron chi connectivity index (χ4n) is 10.7. The van der Waals surface area contributed by atoms with Gasteiger partial charge in [0.2, 0.25) is 35.4 Å². The molecule has 0 radical (unpaired) electrons. The summed E-state index contributed by atoms with van der Waals surface area (Å²) in [4.78, 5) is 132. The Labute approximate surface area is 558 Å². The summed E-state index contributed by atoms with van der Waals surface area (Å²) in [7, 11) is 2.36. The van der Waals surface area contributed by atoms with Crippen molar-refractivity contribution in [2.24, 2.45) is 0 Å². The number of esters is 4. The van der Waals surface area contributed by atoms with Gasteiger partial charge in [0.1, 0.15) is 83.6 Å². The molecular formula is C70H84N6O14P2S2+2. The molecule has 0 heterocycles. The summed E-state index contributed by atoms with van der Waals surface area (Å²) < 4.78 is 19.4. The van der Waals surface area contributed by atoms with E-state index < -0.39 is 111 Å². The largest absolute Gasteiger partial charge is 0.468 e. The highest BCUT2D eigenvalue weighted by Crippen LogP contribution is 2.57. The van der Waals surface area contributed by atoms with E-state index in [2.05, 4.69) is 114 Å². The van der Waals surface area contributed by atoms with E-state index in [1.807, 2.05) is 109 Å². The summed E-state index contributed by atoms with van der Waals surface area (Å²) >= 11 is 0. The number of hydrogen-bond acceptors (Lipinski definition) is 16. The van der Waals surface area contributed by atoms with Crippen LogP contribution < -0.4 is 63.7 Å². The summed E-state index contributed by atoms with van der Waals surface area (Å²) in [6.45, 7) is -1.06. The van der Waals surface area contributed by atoms with E-state index in [1.54, 1.807) is 0 Å². The molecule has 0 fully saturated rings. The van der Waals surface area contributed by atoms with Gasteiger partial charge in [-0.3, -0.25) is 38.4 Å². The summed E-state index contributed by atoms with van der Waals surface area (Å²) in [5.74, 6) is -7.11. The van der Waals surface area contributed by atoms with Gasteiger partial charge in [0.05, 0.1) is 40.8 Å². The van der Waals surface area contributed by atoms with Crippen molar-refractivity contribution < 1.29 is 66.9 Å². The quantitative estimate of drug-likeness (QED) is 0.00961. The SMILES string of the molecule is COC(=O)CNC(=O)[C@H](CSSC[C@H](NC(=O)CC[C@H](NC(=O)CCCC[P+](c1ccccc1)(c1ccccc1)c1ccccc1)C(=O)OC)C(=O)NCC(=O)OC)NC(=O)CC[C@H](NC(=O)CCCC[P+](c1ccccc1)(c1ccccc1)c1ccccc1)C(=O)OC. The molecule has 498 valence electrons. The van der Waals surface area contributed by atoms with Crippen LogP contribution in [0.5, 0.6) is 0 Å². The predicted molar refractivity (Wildman–Crippen MR) is 373 cm³/mol. The number of ether oxygens (including phenoxy) is 4. The zero-order chi connectivity index (χ0) is 67.6. The number of carbonyl (C=O) groups excluding carboxylic acids is 10. The number of unbranched alkanes of at least 4 members (excludes halogenated alkanes) is 2. The average Bonchev–Trinajstić information content (AvgIpc) is 0.810. The van der Waals surface area contributed by atoms with E-state index in [0.717, 1.165) is 48.1 Å². The number of amides is 6. The highest BCUT2D eigenvalue weighted by atomic mass is 33.1. The van der Waals surface area contributed by atoms with Crippen LogP contribution in [-0.2, 0) is 66.9 Å². The van der Waals surface area contributed by atoms with Crippen molar-refractivity contribution in [1.82, 2.24) is 31.9 Å². The first kappa shape index (κ1) is 74.6. The Morgan fingerprint density at radius 3 is 0.851 bits per heavy atom. The van der Waals surface area contributed by atoms with Gasteiger partial charge in [-0.15, -0.1) is 0 Å². The molecule has 0 spiro atoms. The minimum absolute atomic E-state index is 0.0909. The van der Waals surface area contributed by atoms with Crippen LogP contribution >= 0.6 is 36.1 Å². The molecule has 4 atom stereocenters. The number of benzene rings is 6. The summed E-state index contributed by atoms with van der Waals surface area (Å²) in [6.07, 6.45) is 3.06. The fourth-order valence-corrected chi connectivity index (χ4v) is 21.9. The van der Waals surface area contributed by atoms with Crippen LogP contribution in [0.4, 0.5) is 0 Å². The molecule has 6 aromatic carbocycles. The molecule has 0 saturated carbocycles. The van der Waals surface area contributed by atoms with Crippen LogP contribution in [0.1, 0.15) is 64.2 Å². The van der Waals surface area contributed by atoms with Gasteiger partial charge in [-0.05, 0) is 111 Å². The lowest BCUT2D eigenvalue weighted by atomic mass is 10.1. The minimum atomic E-state index is -2.15. The van der Waals surface area contributed by atoms with Crippen LogP contribution in [0.25, 0.3) is 0 Å². The van der Waals surface area contributed by atoms with Crippen molar-refractivity contribution in [2.45, 2.75) is 88.4 Å². The molecule has 24 heteroatoms. The maximum absolute atomic E-state index is 13.6. The van der Waals surface area contributed by atoms with E-state index in [4.69, 9.17) is 9.47 Å². The van der Waals surface area contributed by atoms with Crippen LogP contribution in [0.15, 0.2) is 182 Å². The number of hydrogen-bond donors (Lipinski definition) is 6. The fraction of sp³-hybridized carbons (Fsp3) is 0.343. The molecule has 0 saturated heterocycles. The molecule has 6 N–H and O–H groups in total. The number of carbonyl (C=O) groups is 10. The van der Waals surface area contributed by atoms with Crippen molar-refractivity contribution in [2.75, 3.05) is 65.4 Å². The zero-order valence-corrected chi connectivity index (χ0v) is 56.8. The second-order valence-electron chi connectivity index (χ2n) is 21.8. The Morgan fingerprint density at radius 2 is 0.596 bits per heavy atom. The summed E-state index contributed by atoms with van der Waals surface area (Å²) in [5, 5.41) is 22.9. The lowest BCUT2D eigenvalue weighted by Crippen LogP contribution is -2.50. The monoisotopic (exact) mass is 1360 g/mol. The number of nitrogens with one attached hydrogen (secondary N) is 6. The van der Waals surface area contributed by atoms with Gasteiger partial charge in [-0.1, -0.05) is 131 Å². The normalized spacial score (nSPS) is 12.4. The van der Waals surface area contributed by atoms with Crippen molar-refractivity contribution in [3.8, 4) is 0 Å². The Hall–Kier alpha value is -8.42. The third kappa shape index (κ3) is 22.7. The maximum atomic E-state index is 13.6. The Morgan fingerprint density at radius 1 is 0.340 bits per heavy atom. The van der Waals surface area contributed by atoms with E-state index in [-0.39, 0.29) is 50.0 Å². The minimum Gasteiger partial charge on any atom is -0.468 e. The molecule has 6 rings (SSSR count). The van der Waals surface area contributed by atoms with Crippen molar-refractivity contribution in [3.05, 3.63) is 182 Å². The summed E-state index contributed by atoms with van der Waals surface area (Å²) in [6, 6.07) is 57.3. The van der Waals surface area contributed by atoms with Gasteiger partial charge >= 0.3 is 23.9 Å². The Balaban J connectivity index is 1.03. The molecule has 6 amide bonds. The Bertz CT molecular complexity index is 2990. The second kappa shape index (κ2) is 40.0. The van der Waals surface area contributed by atoms with Crippen molar-refractivity contribution in [1.29, 1.82) is 0 Å². The lowest BCUT2D eigenvalue weighted by Gasteiger charge is -2.27. The van der Waals surface area contributed by atoms with Crippen LogP contribution in [0, 0.1) is 0 Å². The lowest BCUT2D eigenvalue weighted by molar-refractivity contribution is -0.146. The smallest absolute Gasteiger partial charge is 0.328 e. The van der Waals surface area contributed by atoms with Crippen LogP contribution in [0.3, 0.4) is 0 Å². The van der Waals surface area contributed by atoms with Crippen LogP contribution in [0.2, 0.25) is 0 Å². The molecule has 0 aromatic heterocycles. The third-order valence-electron chi connectivity index (χ3n) is 15.6. The van der Waals surface area contributed by atoms with E-state index >= 15 is 0 Å². The van der Waals surface area contributed by atoms with Crippen molar-refractivity contribution >= 4 is 127 Å². The third-order valence-corrected chi connectivity index (χ3v) is 27.0. The van der Waals surface area contributed by atoms with Gasteiger partial charge in [0, 0.05) is 37.2 Å². The molecule has 0 aliphatic rings. The second-order valence-corrected chi connectivity index (χ2v) is 31.5.